The van der Waals surface area contributed by atoms with Gasteiger partial charge in [0.25, 0.3) is 0 Å². The first kappa shape index (κ1) is 33.8. The first-order chi connectivity index (χ1) is 28.2. The molecule has 0 bridgehead atoms. The van der Waals surface area contributed by atoms with Crippen LogP contribution in [-0.4, -0.2) is 15.0 Å². The fourth-order valence-electron chi connectivity index (χ4n) is 7.52. The van der Waals surface area contributed by atoms with Gasteiger partial charge in [-0.25, -0.2) is 15.0 Å². The van der Waals surface area contributed by atoms with E-state index in [0.717, 1.165) is 83.8 Å². The maximum atomic E-state index is 6.81. The molecule has 0 fully saturated rings. The summed E-state index contributed by atoms with van der Waals surface area (Å²) < 4.78 is 6.81. The first-order valence-corrected chi connectivity index (χ1v) is 19.1. The van der Waals surface area contributed by atoms with E-state index in [9.17, 15) is 0 Å². The standard InChI is InChI=1S/C53H35N3O/c1-4-16-36(17-5-1)42-32-43(37-18-6-2-7-19-37)34-44(33-42)53-55-51(40-21-8-3-9-22-40)54-52(56-53)41-31-30-39-29-28-38-20-10-11-23-45(38)46-24-12-14-26-49(46)57-50-27-15-13-25-47(50)48(39)35-41/h1-35H/b29-28-. The Morgan fingerprint density at radius 1 is 0.263 bits per heavy atom. The molecular weight excluding hydrogens is 695 g/mol. The summed E-state index contributed by atoms with van der Waals surface area (Å²) in [6.45, 7) is 0. The average Bonchev–Trinajstić information content (AvgIpc) is 3.31. The average molecular weight is 730 g/mol. The Balaban J connectivity index is 1.17. The maximum absolute atomic E-state index is 6.81. The quantitative estimate of drug-likeness (QED) is 0.177. The van der Waals surface area contributed by atoms with Crippen LogP contribution in [0.15, 0.2) is 200 Å². The number of nitrogens with zero attached hydrogens (tertiary/aromatic N) is 3. The van der Waals surface area contributed by atoms with Gasteiger partial charge in [0.05, 0.1) is 0 Å². The van der Waals surface area contributed by atoms with Crippen LogP contribution in [0.25, 0.3) is 90.8 Å². The van der Waals surface area contributed by atoms with Crippen molar-refractivity contribution in [2.24, 2.45) is 0 Å². The smallest absolute Gasteiger partial charge is 0.164 e. The second-order valence-electron chi connectivity index (χ2n) is 14.0. The summed E-state index contributed by atoms with van der Waals surface area (Å²) in [5.41, 5.74) is 13.4. The zero-order valence-corrected chi connectivity index (χ0v) is 31.0. The van der Waals surface area contributed by atoms with Crippen molar-refractivity contribution in [3.63, 3.8) is 0 Å². The molecule has 10 rings (SSSR count). The minimum Gasteiger partial charge on any atom is -0.456 e. The zero-order valence-electron chi connectivity index (χ0n) is 31.0. The number of para-hydroxylation sites is 2. The van der Waals surface area contributed by atoms with Crippen LogP contribution in [-0.2, 0) is 0 Å². The van der Waals surface area contributed by atoms with Gasteiger partial charge in [0.2, 0.25) is 0 Å². The third-order valence-corrected chi connectivity index (χ3v) is 10.4. The summed E-state index contributed by atoms with van der Waals surface area (Å²) >= 11 is 0. The molecule has 0 spiro atoms. The van der Waals surface area contributed by atoms with Gasteiger partial charge >= 0.3 is 0 Å². The van der Waals surface area contributed by atoms with E-state index in [-0.39, 0.29) is 0 Å². The van der Waals surface area contributed by atoms with E-state index in [2.05, 4.69) is 146 Å². The molecule has 2 heterocycles. The third-order valence-electron chi connectivity index (χ3n) is 10.4. The van der Waals surface area contributed by atoms with E-state index in [0.29, 0.717) is 17.5 Å². The Morgan fingerprint density at radius 3 is 1.28 bits per heavy atom. The number of fused-ring (bicyclic) bond motifs is 6. The molecule has 1 aliphatic heterocycles. The minimum absolute atomic E-state index is 0.584. The molecule has 0 saturated heterocycles. The maximum Gasteiger partial charge on any atom is 0.164 e. The summed E-state index contributed by atoms with van der Waals surface area (Å²) in [4.78, 5) is 15.5. The molecule has 0 N–H and O–H groups in total. The fourth-order valence-corrected chi connectivity index (χ4v) is 7.52. The zero-order chi connectivity index (χ0) is 38.0. The molecule has 1 aromatic heterocycles. The molecule has 0 radical (unpaired) electrons. The largest absolute Gasteiger partial charge is 0.456 e. The Kier molecular flexibility index (Phi) is 8.82. The summed E-state index contributed by atoms with van der Waals surface area (Å²) in [6, 6.07) is 69.0. The molecule has 8 aromatic carbocycles. The molecule has 4 nitrogen and oxygen atoms in total. The highest BCUT2D eigenvalue weighted by molar-refractivity contribution is 5.90. The second-order valence-corrected chi connectivity index (χ2v) is 14.0. The van der Waals surface area contributed by atoms with Crippen LogP contribution in [0.1, 0.15) is 11.1 Å². The van der Waals surface area contributed by atoms with Crippen LogP contribution < -0.4 is 4.74 Å². The molecule has 268 valence electrons. The minimum atomic E-state index is 0.584. The van der Waals surface area contributed by atoms with Crippen LogP contribution in [0, 0.1) is 0 Å². The van der Waals surface area contributed by atoms with Gasteiger partial charge in [0, 0.05) is 27.8 Å². The molecule has 9 aromatic rings. The van der Waals surface area contributed by atoms with Crippen molar-refractivity contribution < 1.29 is 4.74 Å². The van der Waals surface area contributed by atoms with Crippen molar-refractivity contribution >= 4 is 12.2 Å². The number of rotatable bonds is 5. The molecule has 0 unspecified atom stereocenters. The number of aromatic nitrogens is 3. The lowest BCUT2D eigenvalue weighted by Crippen LogP contribution is -2.01. The predicted octanol–water partition coefficient (Wildman–Crippen LogP) is 13.8. The van der Waals surface area contributed by atoms with E-state index < -0.39 is 0 Å². The number of benzene rings is 8. The topological polar surface area (TPSA) is 47.9 Å². The molecule has 1 aliphatic rings. The number of ether oxygens (including phenoxy) is 1. The summed E-state index contributed by atoms with van der Waals surface area (Å²) in [6.07, 6.45) is 4.38. The van der Waals surface area contributed by atoms with Crippen molar-refractivity contribution in [3.8, 4) is 90.2 Å². The monoisotopic (exact) mass is 729 g/mol. The first-order valence-electron chi connectivity index (χ1n) is 19.1. The lowest BCUT2D eigenvalue weighted by atomic mass is 9.94. The van der Waals surface area contributed by atoms with E-state index in [1.165, 1.54) is 0 Å². The lowest BCUT2D eigenvalue weighted by molar-refractivity contribution is 0.486. The summed E-state index contributed by atoms with van der Waals surface area (Å²) in [5.74, 6) is 3.36. The van der Waals surface area contributed by atoms with Crippen LogP contribution in [0.4, 0.5) is 0 Å². The molecule has 0 aliphatic carbocycles. The van der Waals surface area contributed by atoms with Crippen molar-refractivity contribution in [2.75, 3.05) is 0 Å². The lowest BCUT2D eigenvalue weighted by Gasteiger charge is -2.16. The van der Waals surface area contributed by atoms with Crippen LogP contribution in [0.2, 0.25) is 0 Å². The Hall–Kier alpha value is -7.69. The van der Waals surface area contributed by atoms with Crippen molar-refractivity contribution in [2.45, 2.75) is 0 Å². The third kappa shape index (κ3) is 6.81. The van der Waals surface area contributed by atoms with Gasteiger partial charge in [0.15, 0.2) is 17.5 Å². The van der Waals surface area contributed by atoms with E-state index in [4.69, 9.17) is 19.7 Å². The SMILES string of the molecule is C1=C\c2ccc(-c3nc(-c4ccccc4)nc(-c4cc(-c5ccccc5)cc(-c5ccccc5)c4)n3)cc2-c2ccccc2Oc2ccccc2-c2ccccc2/1. The van der Waals surface area contributed by atoms with Crippen molar-refractivity contribution in [1.29, 1.82) is 0 Å². The molecule has 0 amide bonds. The second kappa shape index (κ2) is 14.9. The summed E-state index contributed by atoms with van der Waals surface area (Å²) in [7, 11) is 0. The van der Waals surface area contributed by atoms with Crippen molar-refractivity contribution in [3.05, 3.63) is 211 Å². The normalized spacial score (nSPS) is 12.1. The van der Waals surface area contributed by atoms with E-state index in [1.807, 2.05) is 66.7 Å². The predicted molar refractivity (Wildman–Crippen MR) is 233 cm³/mol. The number of hydrogen-bond donors (Lipinski definition) is 0. The van der Waals surface area contributed by atoms with E-state index >= 15 is 0 Å². The molecule has 57 heavy (non-hydrogen) atoms. The summed E-state index contributed by atoms with van der Waals surface area (Å²) in [5, 5.41) is 0. The van der Waals surface area contributed by atoms with Gasteiger partial charge < -0.3 is 4.74 Å². The highest BCUT2D eigenvalue weighted by Crippen LogP contribution is 2.42. The van der Waals surface area contributed by atoms with Gasteiger partial charge in [-0.2, -0.15) is 0 Å². The van der Waals surface area contributed by atoms with Crippen LogP contribution in [0.5, 0.6) is 11.5 Å². The molecule has 0 atom stereocenters. The van der Waals surface area contributed by atoms with Crippen molar-refractivity contribution in [1.82, 2.24) is 15.0 Å². The van der Waals surface area contributed by atoms with Crippen LogP contribution in [0.3, 0.4) is 0 Å². The van der Waals surface area contributed by atoms with E-state index in [1.54, 1.807) is 0 Å². The molecular formula is C53H35N3O. The van der Waals surface area contributed by atoms with Gasteiger partial charge in [-0.05, 0) is 80.9 Å². The van der Waals surface area contributed by atoms with Gasteiger partial charge in [-0.15, -0.1) is 0 Å². The highest BCUT2D eigenvalue weighted by Gasteiger charge is 2.19. The molecule has 4 heteroatoms. The Morgan fingerprint density at radius 2 is 0.684 bits per heavy atom. The highest BCUT2D eigenvalue weighted by atomic mass is 16.5. The van der Waals surface area contributed by atoms with Crippen LogP contribution >= 0.6 is 0 Å². The molecule has 0 saturated carbocycles. The Labute approximate surface area is 332 Å². The fraction of sp³-hybridized carbons (Fsp3) is 0. The number of hydrogen-bond acceptors (Lipinski definition) is 4. The Bertz CT molecular complexity index is 2860. The van der Waals surface area contributed by atoms with Gasteiger partial charge in [-0.1, -0.05) is 176 Å². The van der Waals surface area contributed by atoms with Gasteiger partial charge in [-0.3, -0.25) is 0 Å². The van der Waals surface area contributed by atoms with Gasteiger partial charge in [0.1, 0.15) is 11.5 Å².